The van der Waals surface area contributed by atoms with E-state index in [4.69, 9.17) is 0 Å². The van der Waals surface area contributed by atoms with Crippen LogP contribution in [-0.4, -0.2) is 43.5 Å². The van der Waals surface area contributed by atoms with Crippen molar-refractivity contribution in [2.75, 3.05) is 26.7 Å². The number of carbonyl (C=O) groups is 1. The number of nitrogens with zero attached hydrogens (tertiary/aromatic N) is 1. The summed E-state index contributed by atoms with van der Waals surface area (Å²) >= 11 is 0. The molecule has 2 rings (SSSR count). The number of amides is 1. The first-order valence-corrected chi connectivity index (χ1v) is 7.96. The zero-order chi connectivity index (χ0) is 15.1. The number of hydrogen-bond acceptors (Lipinski definition) is 3. The van der Waals surface area contributed by atoms with Crippen LogP contribution in [0.5, 0.6) is 0 Å². The quantitative estimate of drug-likeness (QED) is 0.841. The highest BCUT2D eigenvalue weighted by molar-refractivity contribution is 5.77. The molecule has 1 fully saturated rings. The van der Waals surface area contributed by atoms with E-state index in [1.54, 1.807) is 7.05 Å². The summed E-state index contributed by atoms with van der Waals surface area (Å²) in [4.78, 5) is 13.6. The summed E-state index contributed by atoms with van der Waals surface area (Å²) < 4.78 is 0. The number of carbonyl (C=O) groups excluding carboxylic acids is 1. The molecule has 0 aromatic heterocycles. The van der Waals surface area contributed by atoms with Crippen LogP contribution >= 0.6 is 0 Å². The van der Waals surface area contributed by atoms with Crippen molar-refractivity contribution in [3.05, 3.63) is 35.9 Å². The predicted molar refractivity (Wildman–Crippen MR) is 86.1 cm³/mol. The van der Waals surface area contributed by atoms with Gasteiger partial charge in [0.25, 0.3) is 0 Å². The van der Waals surface area contributed by atoms with Crippen molar-refractivity contribution < 1.29 is 4.79 Å². The van der Waals surface area contributed by atoms with E-state index in [0.29, 0.717) is 18.6 Å². The monoisotopic (exact) mass is 289 g/mol. The molecule has 1 atom stereocenters. The number of benzene rings is 1. The normalized spacial score (nSPS) is 18.4. The second-order valence-electron chi connectivity index (χ2n) is 5.76. The van der Waals surface area contributed by atoms with Gasteiger partial charge in [-0.05, 0) is 24.8 Å². The Kier molecular flexibility index (Phi) is 6.21. The number of piperidine rings is 1. The van der Waals surface area contributed by atoms with E-state index >= 15 is 0 Å². The lowest BCUT2D eigenvalue weighted by molar-refractivity contribution is -0.122. The van der Waals surface area contributed by atoms with Gasteiger partial charge < -0.3 is 10.6 Å². The number of likely N-dealkylation sites (tertiary alicyclic amines) is 1. The molecule has 1 aromatic rings. The molecule has 1 aromatic carbocycles. The summed E-state index contributed by atoms with van der Waals surface area (Å²) in [5.74, 6) is 0.108. The Labute approximate surface area is 127 Å². The molecule has 21 heavy (non-hydrogen) atoms. The molecule has 1 aliphatic rings. The molecule has 116 valence electrons. The molecule has 1 heterocycles. The molecular weight excluding hydrogens is 262 g/mol. The molecular formula is C17H27N3O. The SMILES string of the molecule is CCC(NC1CCN(CC(=O)NC)CC1)c1ccccc1. The van der Waals surface area contributed by atoms with Crippen LogP contribution < -0.4 is 10.6 Å². The van der Waals surface area contributed by atoms with E-state index < -0.39 is 0 Å². The summed E-state index contributed by atoms with van der Waals surface area (Å²) in [6, 6.07) is 11.6. The molecule has 0 saturated carbocycles. The van der Waals surface area contributed by atoms with Gasteiger partial charge >= 0.3 is 0 Å². The Morgan fingerprint density at radius 1 is 1.29 bits per heavy atom. The minimum atomic E-state index is 0.108. The summed E-state index contributed by atoms with van der Waals surface area (Å²) in [6.07, 6.45) is 3.32. The van der Waals surface area contributed by atoms with Gasteiger partial charge in [0.05, 0.1) is 6.54 Å². The van der Waals surface area contributed by atoms with E-state index in [1.807, 2.05) is 0 Å². The second-order valence-corrected chi connectivity index (χ2v) is 5.76. The molecule has 1 unspecified atom stereocenters. The molecule has 0 spiro atoms. The van der Waals surface area contributed by atoms with E-state index in [1.165, 1.54) is 5.56 Å². The number of likely N-dealkylation sites (N-methyl/N-ethyl adjacent to an activating group) is 1. The van der Waals surface area contributed by atoms with E-state index in [2.05, 4.69) is 52.8 Å². The van der Waals surface area contributed by atoms with Crippen molar-refractivity contribution in [2.24, 2.45) is 0 Å². The first kappa shape index (κ1) is 16.0. The Morgan fingerprint density at radius 3 is 2.52 bits per heavy atom. The minimum absolute atomic E-state index is 0.108. The molecule has 4 heteroatoms. The Hall–Kier alpha value is -1.39. The van der Waals surface area contributed by atoms with Crippen LogP contribution in [0, 0.1) is 0 Å². The van der Waals surface area contributed by atoms with Gasteiger partial charge in [0.15, 0.2) is 0 Å². The average molecular weight is 289 g/mol. The number of nitrogens with one attached hydrogen (secondary N) is 2. The maximum atomic E-state index is 11.4. The summed E-state index contributed by atoms with van der Waals surface area (Å²) in [5, 5.41) is 6.47. The Balaban J connectivity index is 1.81. The molecule has 1 amide bonds. The van der Waals surface area contributed by atoms with Crippen LogP contribution in [0.25, 0.3) is 0 Å². The zero-order valence-corrected chi connectivity index (χ0v) is 13.1. The van der Waals surface area contributed by atoms with Crippen LogP contribution in [0.2, 0.25) is 0 Å². The third-order valence-corrected chi connectivity index (χ3v) is 4.28. The van der Waals surface area contributed by atoms with Gasteiger partial charge in [0.2, 0.25) is 5.91 Å². The van der Waals surface area contributed by atoms with Crippen molar-refractivity contribution in [1.82, 2.24) is 15.5 Å². The van der Waals surface area contributed by atoms with Gasteiger partial charge in [0, 0.05) is 32.2 Å². The van der Waals surface area contributed by atoms with Crippen LogP contribution in [0.1, 0.15) is 37.8 Å². The highest BCUT2D eigenvalue weighted by atomic mass is 16.1. The van der Waals surface area contributed by atoms with Gasteiger partial charge in [-0.1, -0.05) is 37.3 Å². The topological polar surface area (TPSA) is 44.4 Å². The maximum Gasteiger partial charge on any atom is 0.233 e. The zero-order valence-electron chi connectivity index (χ0n) is 13.1. The van der Waals surface area contributed by atoms with Gasteiger partial charge in [-0.2, -0.15) is 0 Å². The number of rotatable bonds is 6. The minimum Gasteiger partial charge on any atom is -0.358 e. The van der Waals surface area contributed by atoms with Gasteiger partial charge in [-0.3, -0.25) is 9.69 Å². The molecule has 1 saturated heterocycles. The fraction of sp³-hybridized carbons (Fsp3) is 0.588. The van der Waals surface area contributed by atoms with Crippen molar-refractivity contribution in [2.45, 2.75) is 38.3 Å². The van der Waals surface area contributed by atoms with Crippen LogP contribution in [0.3, 0.4) is 0 Å². The molecule has 1 aliphatic heterocycles. The van der Waals surface area contributed by atoms with Gasteiger partial charge in [-0.15, -0.1) is 0 Å². The third-order valence-electron chi connectivity index (χ3n) is 4.28. The van der Waals surface area contributed by atoms with Crippen LogP contribution in [0.15, 0.2) is 30.3 Å². The Morgan fingerprint density at radius 2 is 1.95 bits per heavy atom. The van der Waals surface area contributed by atoms with Crippen LogP contribution in [0.4, 0.5) is 0 Å². The van der Waals surface area contributed by atoms with Crippen LogP contribution in [-0.2, 0) is 4.79 Å². The standard InChI is InChI=1S/C17H27N3O/c1-3-16(14-7-5-4-6-8-14)19-15-9-11-20(12-10-15)13-17(21)18-2/h4-8,15-16,19H,3,9-13H2,1-2H3,(H,18,21). The summed E-state index contributed by atoms with van der Waals surface area (Å²) in [5.41, 5.74) is 1.37. The lowest BCUT2D eigenvalue weighted by Crippen LogP contribution is -2.46. The van der Waals surface area contributed by atoms with Crippen molar-refractivity contribution >= 4 is 5.91 Å². The lowest BCUT2D eigenvalue weighted by atomic mass is 9.99. The lowest BCUT2D eigenvalue weighted by Gasteiger charge is -2.34. The first-order valence-electron chi connectivity index (χ1n) is 7.96. The number of hydrogen-bond donors (Lipinski definition) is 2. The smallest absolute Gasteiger partial charge is 0.233 e. The van der Waals surface area contributed by atoms with Crippen molar-refractivity contribution in [3.63, 3.8) is 0 Å². The highest BCUT2D eigenvalue weighted by Gasteiger charge is 2.22. The van der Waals surface area contributed by atoms with Crippen molar-refractivity contribution in [3.8, 4) is 0 Å². The fourth-order valence-electron chi connectivity index (χ4n) is 2.96. The van der Waals surface area contributed by atoms with Crippen molar-refractivity contribution in [1.29, 1.82) is 0 Å². The molecule has 2 N–H and O–H groups in total. The first-order chi connectivity index (χ1) is 10.2. The molecule has 0 radical (unpaired) electrons. The fourth-order valence-corrected chi connectivity index (χ4v) is 2.96. The van der Waals surface area contributed by atoms with E-state index in [-0.39, 0.29) is 5.91 Å². The van der Waals surface area contributed by atoms with Gasteiger partial charge in [-0.25, -0.2) is 0 Å². The third kappa shape index (κ3) is 4.83. The molecule has 0 bridgehead atoms. The Bertz CT molecular complexity index is 427. The van der Waals surface area contributed by atoms with Gasteiger partial charge in [0.1, 0.15) is 0 Å². The largest absolute Gasteiger partial charge is 0.358 e. The van der Waals surface area contributed by atoms with E-state index in [9.17, 15) is 4.79 Å². The predicted octanol–water partition coefficient (Wildman–Crippen LogP) is 1.94. The molecule has 4 nitrogen and oxygen atoms in total. The summed E-state index contributed by atoms with van der Waals surface area (Å²) in [6.45, 7) is 4.75. The second kappa shape index (κ2) is 8.15. The molecule has 0 aliphatic carbocycles. The average Bonchev–Trinajstić information content (AvgIpc) is 2.54. The summed E-state index contributed by atoms with van der Waals surface area (Å²) in [7, 11) is 1.70. The maximum absolute atomic E-state index is 11.4. The highest BCUT2D eigenvalue weighted by Crippen LogP contribution is 2.20. The van der Waals surface area contributed by atoms with E-state index in [0.717, 1.165) is 32.4 Å².